The number of aromatic nitrogens is 1. The fraction of sp³-hybridized carbons (Fsp3) is 0.545. The lowest BCUT2D eigenvalue weighted by Gasteiger charge is -2.14. The highest BCUT2D eigenvalue weighted by molar-refractivity contribution is 5.75. The number of hydrogen-bond acceptors (Lipinski definition) is 2. The zero-order valence-corrected chi connectivity index (χ0v) is 8.99. The maximum absolute atomic E-state index is 11.3. The van der Waals surface area contributed by atoms with E-state index < -0.39 is 0 Å². The van der Waals surface area contributed by atoms with Crippen LogP contribution in [-0.4, -0.2) is 24.1 Å². The van der Waals surface area contributed by atoms with Crippen molar-refractivity contribution in [3.05, 3.63) is 24.0 Å². The number of hydrogen-bond donors (Lipinski definition) is 2. The predicted molar refractivity (Wildman–Crippen MR) is 58.3 cm³/mol. The van der Waals surface area contributed by atoms with Crippen molar-refractivity contribution in [2.75, 3.05) is 13.6 Å². The topological polar surface area (TPSA) is 46.1 Å². The summed E-state index contributed by atoms with van der Waals surface area (Å²) in [7, 11) is 1.69. The van der Waals surface area contributed by atoms with E-state index in [-0.39, 0.29) is 5.91 Å². The number of carbonyl (C=O) groups excluding carboxylic acids is 1. The summed E-state index contributed by atoms with van der Waals surface area (Å²) in [4.78, 5) is 11.3. The van der Waals surface area contributed by atoms with E-state index in [2.05, 4.69) is 33.5 Å². The molecule has 0 unspecified atom stereocenters. The molecule has 0 aliphatic carbocycles. The van der Waals surface area contributed by atoms with Crippen LogP contribution in [0.3, 0.4) is 0 Å². The Balaban J connectivity index is 2.02. The van der Waals surface area contributed by atoms with Crippen LogP contribution in [0.2, 0.25) is 0 Å². The van der Waals surface area contributed by atoms with E-state index in [1.54, 1.807) is 7.05 Å². The van der Waals surface area contributed by atoms with E-state index in [9.17, 15) is 4.79 Å². The van der Waals surface area contributed by atoms with Crippen molar-refractivity contribution < 1.29 is 4.79 Å². The molecular weight excluding hydrogens is 190 g/mol. The Morgan fingerprint density at radius 2 is 2.60 bits per heavy atom. The van der Waals surface area contributed by atoms with E-state index >= 15 is 0 Å². The summed E-state index contributed by atoms with van der Waals surface area (Å²) in [6.45, 7) is 2.75. The summed E-state index contributed by atoms with van der Waals surface area (Å²) in [5.41, 5.74) is 1.30. The minimum atomic E-state index is 0.123. The molecule has 0 fully saturated rings. The molecule has 0 aromatic carbocycles. The number of nitrogens with one attached hydrogen (secondary N) is 2. The second-order valence-corrected chi connectivity index (χ2v) is 4.03. The standard InChI is InChI=1S/C11H17N3O/c1-12-11(15)5-9-6-13-7-10-3-2-4-14(10)8-9/h2-4,9,13H,5-8H2,1H3,(H,12,15)/t9-/m1/s1. The third-order valence-electron chi connectivity index (χ3n) is 2.87. The van der Waals surface area contributed by atoms with E-state index in [4.69, 9.17) is 0 Å². The molecule has 82 valence electrons. The summed E-state index contributed by atoms with van der Waals surface area (Å²) in [6.07, 6.45) is 2.68. The number of amides is 1. The van der Waals surface area contributed by atoms with E-state index in [0.717, 1.165) is 19.6 Å². The maximum Gasteiger partial charge on any atom is 0.220 e. The third-order valence-corrected chi connectivity index (χ3v) is 2.87. The zero-order chi connectivity index (χ0) is 10.7. The highest BCUT2D eigenvalue weighted by Crippen LogP contribution is 2.13. The van der Waals surface area contributed by atoms with Gasteiger partial charge in [0.1, 0.15) is 0 Å². The Bertz CT molecular complexity index is 345. The van der Waals surface area contributed by atoms with Crippen molar-refractivity contribution in [3.63, 3.8) is 0 Å². The first kappa shape index (κ1) is 10.2. The van der Waals surface area contributed by atoms with Gasteiger partial charge in [-0.25, -0.2) is 0 Å². The van der Waals surface area contributed by atoms with Gasteiger partial charge in [0, 0.05) is 45.0 Å². The fourth-order valence-electron chi connectivity index (χ4n) is 2.04. The third kappa shape index (κ3) is 2.39. The predicted octanol–water partition coefficient (Wildman–Crippen LogP) is 0.344. The molecule has 0 saturated carbocycles. The average molecular weight is 207 g/mol. The molecule has 1 aliphatic rings. The zero-order valence-electron chi connectivity index (χ0n) is 8.99. The Morgan fingerprint density at radius 1 is 1.73 bits per heavy atom. The molecule has 2 N–H and O–H groups in total. The fourth-order valence-corrected chi connectivity index (χ4v) is 2.04. The van der Waals surface area contributed by atoms with Crippen LogP contribution in [0, 0.1) is 5.92 Å². The lowest BCUT2D eigenvalue weighted by atomic mass is 10.1. The molecule has 1 aliphatic heterocycles. The molecule has 0 bridgehead atoms. The molecule has 0 saturated heterocycles. The van der Waals surface area contributed by atoms with Gasteiger partial charge in [0.15, 0.2) is 0 Å². The van der Waals surface area contributed by atoms with Gasteiger partial charge in [0.05, 0.1) is 0 Å². The minimum Gasteiger partial charge on any atom is -0.359 e. The van der Waals surface area contributed by atoms with Crippen LogP contribution >= 0.6 is 0 Å². The number of fused-ring (bicyclic) bond motifs is 1. The highest BCUT2D eigenvalue weighted by atomic mass is 16.1. The van der Waals surface area contributed by atoms with Crippen molar-refractivity contribution >= 4 is 5.91 Å². The SMILES string of the molecule is CNC(=O)C[C@@H]1CNCc2cccn2C1. The summed E-state index contributed by atoms with van der Waals surface area (Å²) < 4.78 is 2.23. The van der Waals surface area contributed by atoms with E-state index in [0.29, 0.717) is 12.3 Å². The van der Waals surface area contributed by atoms with Crippen molar-refractivity contribution in [1.29, 1.82) is 0 Å². The van der Waals surface area contributed by atoms with Crippen LogP contribution in [0.5, 0.6) is 0 Å². The van der Waals surface area contributed by atoms with Gasteiger partial charge in [0.25, 0.3) is 0 Å². The van der Waals surface area contributed by atoms with Crippen LogP contribution in [-0.2, 0) is 17.9 Å². The molecule has 2 rings (SSSR count). The molecule has 2 heterocycles. The van der Waals surface area contributed by atoms with Gasteiger partial charge in [-0.3, -0.25) is 4.79 Å². The van der Waals surface area contributed by atoms with Gasteiger partial charge in [0.2, 0.25) is 5.91 Å². The summed E-state index contributed by atoms with van der Waals surface area (Å²) in [5, 5.41) is 6.04. The molecule has 0 spiro atoms. The first-order chi connectivity index (χ1) is 7.29. The van der Waals surface area contributed by atoms with Crippen LogP contribution in [0.15, 0.2) is 18.3 Å². The van der Waals surface area contributed by atoms with Crippen molar-refractivity contribution in [2.45, 2.75) is 19.5 Å². The Hall–Kier alpha value is -1.29. The second kappa shape index (κ2) is 4.49. The molecule has 15 heavy (non-hydrogen) atoms. The highest BCUT2D eigenvalue weighted by Gasteiger charge is 2.17. The monoisotopic (exact) mass is 207 g/mol. The van der Waals surface area contributed by atoms with Gasteiger partial charge in [-0.1, -0.05) is 0 Å². The number of carbonyl (C=O) groups is 1. The molecule has 4 heteroatoms. The Kier molecular flexibility index (Phi) is 3.06. The largest absolute Gasteiger partial charge is 0.359 e. The van der Waals surface area contributed by atoms with Crippen molar-refractivity contribution in [3.8, 4) is 0 Å². The molecule has 1 aromatic heterocycles. The summed E-state index contributed by atoms with van der Waals surface area (Å²) in [5.74, 6) is 0.510. The van der Waals surface area contributed by atoms with Crippen LogP contribution < -0.4 is 10.6 Å². The summed E-state index contributed by atoms with van der Waals surface area (Å²) in [6, 6.07) is 4.18. The molecule has 4 nitrogen and oxygen atoms in total. The molecule has 0 radical (unpaired) electrons. The lowest BCUT2D eigenvalue weighted by molar-refractivity contribution is -0.121. The van der Waals surface area contributed by atoms with E-state index in [1.807, 2.05) is 0 Å². The first-order valence-corrected chi connectivity index (χ1v) is 5.35. The lowest BCUT2D eigenvalue weighted by Crippen LogP contribution is -2.28. The Labute approximate surface area is 89.7 Å². The molecule has 1 aromatic rings. The maximum atomic E-state index is 11.3. The average Bonchev–Trinajstić information content (AvgIpc) is 2.58. The van der Waals surface area contributed by atoms with Crippen molar-refractivity contribution in [1.82, 2.24) is 15.2 Å². The van der Waals surface area contributed by atoms with Crippen LogP contribution in [0.4, 0.5) is 0 Å². The van der Waals surface area contributed by atoms with Gasteiger partial charge >= 0.3 is 0 Å². The molecular formula is C11H17N3O. The first-order valence-electron chi connectivity index (χ1n) is 5.35. The van der Waals surface area contributed by atoms with Crippen molar-refractivity contribution in [2.24, 2.45) is 5.92 Å². The molecule has 1 atom stereocenters. The van der Waals surface area contributed by atoms with Gasteiger partial charge in [-0.05, 0) is 18.1 Å². The molecule has 1 amide bonds. The van der Waals surface area contributed by atoms with Crippen LogP contribution in [0.25, 0.3) is 0 Å². The number of rotatable bonds is 2. The van der Waals surface area contributed by atoms with Gasteiger partial charge < -0.3 is 15.2 Å². The Morgan fingerprint density at radius 3 is 3.40 bits per heavy atom. The smallest absolute Gasteiger partial charge is 0.220 e. The van der Waals surface area contributed by atoms with E-state index in [1.165, 1.54) is 5.69 Å². The quantitative estimate of drug-likeness (QED) is 0.735. The minimum absolute atomic E-state index is 0.123. The second-order valence-electron chi connectivity index (χ2n) is 4.03. The van der Waals surface area contributed by atoms with Gasteiger partial charge in [-0.15, -0.1) is 0 Å². The van der Waals surface area contributed by atoms with Gasteiger partial charge in [-0.2, -0.15) is 0 Å². The normalized spacial score (nSPS) is 20.5. The number of nitrogens with zero attached hydrogens (tertiary/aromatic N) is 1. The summed E-state index contributed by atoms with van der Waals surface area (Å²) >= 11 is 0. The van der Waals surface area contributed by atoms with Crippen LogP contribution in [0.1, 0.15) is 12.1 Å².